The fourth-order valence-corrected chi connectivity index (χ4v) is 2.99. The van der Waals surface area contributed by atoms with Crippen molar-refractivity contribution in [2.75, 3.05) is 6.61 Å². The van der Waals surface area contributed by atoms with Crippen molar-refractivity contribution in [1.29, 1.82) is 0 Å². The maximum atomic E-state index is 5.87. The second-order valence-corrected chi connectivity index (χ2v) is 6.27. The van der Waals surface area contributed by atoms with Gasteiger partial charge in [-0.15, -0.1) is 11.3 Å². The Morgan fingerprint density at radius 3 is 2.72 bits per heavy atom. The summed E-state index contributed by atoms with van der Waals surface area (Å²) in [5, 5.41) is 0. The minimum atomic E-state index is 0.638. The highest BCUT2D eigenvalue weighted by Gasteiger charge is 2.08. The maximum Gasteiger partial charge on any atom is 0.0727 e. The lowest BCUT2D eigenvalue weighted by molar-refractivity contribution is 0.0819. The fourth-order valence-electron chi connectivity index (χ4n) is 2.07. The van der Waals surface area contributed by atoms with Crippen LogP contribution in [0, 0.1) is 12.8 Å². The Morgan fingerprint density at radius 2 is 2.17 bits per heavy atom. The molecule has 0 aromatic carbocycles. The molecule has 1 rings (SSSR count). The van der Waals surface area contributed by atoms with Crippen molar-refractivity contribution in [3.63, 3.8) is 0 Å². The van der Waals surface area contributed by atoms with E-state index in [4.69, 9.17) is 10.5 Å². The number of unbranched alkanes of at least 4 members (excludes halogenated alkanes) is 1. The Hall–Kier alpha value is -0.380. The van der Waals surface area contributed by atoms with Gasteiger partial charge in [0.1, 0.15) is 0 Å². The van der Waals surface area contributed by atoms with Gasteiger partial charge in [0, 0.05) is 22.9 Å². The molecule has 0 radical (unpaired) electrons. The van der Waals surface area contributed by atoms with Crippen LogP contribution in [0.25, 0.3) is 0 Å². The van der Waals surface area contributed by atoms with Crippen LogP contribution in [0.1, 0.15) is 54.8 Å². The molecule has 0 amide bonds. The highest BCUT2D eigenvalue weighted by molar-refractivity contribution is 7.12. The van der Waals surface area contributed by atoms with E-state index in [1.807, 2.05) is 0 Å². The summed E-state index contributed by atoms with van der Waals surface area (Å²) in [5.74, 6) is 0.720. The van der Waals surface area contributed by atoms with Crippen LogP contribution in [-0.2, 0) is 17.9 Å². The summed E-state index contributed by atoms with van der Waals surface area (Å²) >= 11 is 1.79. The first kappa shape index (κ1) is 15.7. The minimum absolute atomic E-state index is 0.638. The van der Waals surface area contributed by atoms with E-state index in [-0.39, 0.29) is 0 Å². The standard InChI is InChI=1S/C15H27NOS/c1-4-6-7-13(5-2)10-17-11-14-8-15(9-16)18-12(14)3/h8,13H,4-7,9-11,16H2,1-3H3. The highest BCUT2D eigenvalue weighted by atomic mass is 32.1. The van der Waals surface area contributed by atoms with Gasteiger partial charge in [-0.25, -0.2) is 0 Å². The van der Waals surface area contributed by atoms with Crippen molar-refractivity contribution >= 4 is 11.3 Å². The molecule has 2 nitrogen and oxygen atoms in total. The Labute approximate surface area is 116 Å². The first-order chi connectivity index (χ1) is 8.71. The zero-order valence-corrected chi connectivity index (χ0v) is 12.8. The molecule has 18 heavy (non-hydrogen) atoms. The normalized spacial score (nSPS) is 12.9. The molecule has 1 unspecified atom stereocenters. The Balaban J connectivity index is 2.33. The van der Waals surface area contributed by atoms with Crippen molar-refractivity contribution in [2.45, 2.75) is 59.6 Å². The molecule has 0 aliphatic heterocycles. The Kier molecular flexibility index (Phi) is 7.56. The van der Waals surface area contributed by atoms with Crippen LogP contribution >= 0.6 is 11.3 Å². The monoisotopic (exact) mass is 269 g/mol. The Bertz CT molecular complexity index is 335. The van der Waals surface area contributed by atoms with E-state index in [1.54, 1.807) is 11.3 Å². The number of aryl methyl sites for hydroxylation is 1. The average Bonchev–Trinajstić information content (AvgIpc) is 2.74. The summed E-state index contributed by atoms with van der Waals surface area (Å²) < 4.78 is 5.87. The number of hydrogen-bond acceptors (Lipinski definition) is 3. The molecule has 0 fully saturated rings. The van der Waals surface area contributed by atoms with Gasteiger partial charge in [-0.3, -0.25) is 0 Å². The van der Waals surface area contributed by atoms with Crippen molar-refractivity contribution in [3.05, 3.63) is 21.4 Å². The molecule has 0 aliphatic carbocycles. The van der Waals surface area contributed by atoms with Crippen LogP contribution < -0.4 is 5.73 Å². The molecule has 1 aromatic rings. The summed E-state index contributed by atoms with van der Waals surface area (Å²) in [6, 6.07) is 2.19. The maximum absolute atomic E-state index is 5.87. The minimum Gasteiger partial charge on any atom is -0.376 e. The molecule has 0 aliphatic rings. The third-order valence-electron chi connectivity index (χ3n) is 3.43. The van der Waals surface area contributed by atoms with Crippen LogP contribution in [0.3, 0.4) is 0 Å². The summed E-state index contributed by atoms with van der Waals surface area (Å²) in [7, 11) is 0. The lowest BCUT2D eigenvalue weighted by Crippen LogP contribution is -2.08. The van der Waals surface area contributed by atoms with Crippen molar-refractivity contribution < 1.29 is 4.74 Å². The number of nitrogens with two attached hydrogens (primary N) is 1. The van der Waals surface area contributed by atoms with Gasteiger partial charge in [-0.05, 0) is 30.9 Å². The topological polar surface area (TPSA) is 35.2 Å². The zero-order valence-electron chi connectivity index (χ0n) is 12.0. The van der Waals surface area contributed by atoms with Crippen LogP contribution in [0.15, 0.2) is 6.07 Å². The molecule has 104 valence electrons. The van der Waals surface area contributed by atoms with E-state index in [2.05, 4.69) is 26.8 Å². The molecule has 1 atom stereocenters. The lowest BCUT2D eigenvalue weighted by Gasteiger charge is -2.14. The number of hydrogen-bond donors (Lipinski definition) is 1. The van der Waals surface area contributed by atoms with Gasteiger partial charge in [-0.1, -0.05) is 33.1 Å². The molecular formula is C15H27NOS. The van der Waals surface area contributed by atoms with Gasteiger partial charge in [0.2, 0.25) is 0 Å². The molecule has 0 saturated heterocycles. The molecule has 0 bridgehead atoms. The van der Waals surface area contributed by atoms with E-state index in [1.165, 1.54) is 41.0 Å². The molecule has 0 saturated carbocycles. The third kappa shape index (κ3) is 5.09. The predicted molar refractivity (Wildman–Crippen MR) is 79.9 cm³/mol. The first-order valence-electron chi connectivity index (χ1n) is 7.07. The van der Waals surface area contributed by atoms with Crippen LogP contribution in [0.5, 0.6) is 0 Å². The van der Waals surface area contributed by atoms with E-state index < -0.39 is 0 Å². The van der Waals surface area contributed by atoms with E-state index in [0.29, 0.717) is 6.54 Å². The van der Waals surface area contributed by atoms with Crippen molar-refractivity contribution in [2.24, 2.45) is 11.7 Å². The van der Waals surface area contributed by atoms with Crippen LogP contribution in [0.4, 0.5) is 0 Å². The molecule has 1 aromatic heterocycles. The van der Waals surface area contributed by atoms with Gasteiger partial charge in [-0.2, -0.15) is 0 Å². The molecule has 3 heteroatoms. The molecular weight excluding hydrogens is 242 g/mol. The molecule has 2 N–H and O–H groups in total. The average molecular weight is 269 g/mol. The van der Waals surface area contributed by atoms with Gasteiger partial charge in [0.15, 0.2) is 0 Å². The number of rotatable bonds is 9. The third-order valence-corrected chi connectivity index (χ3v) is 4.54. The second-order valence-electron chi connectivity index (χ2n) is 4.93. The van der Waals surface area contributed by atoms with Gasteiger partial charge in [0.25, 0.3) is 0 Å². The number of thiophene rings is 1. The summed E-state index contributed by atoms with van der Waals surface area (Å²) in [4.78, 5) is 2.60. The van der Waals surface area contributed by atoms with Crippen molar-refractivity contribution in [3.8, 4) is 0 Å². The van der Waals surface area contributed by atoms with Gasteiger partial charge < -0.3 is 10.5 Å². The summed E-state index contributed by atoms with van der Waals surface area (Å²) in [6.07, 6.45) is 5.11. The van der Waals surface area contributed by atoms with E-state index in [9.17, 15) is 0 Å². The fraction of sp³-hybridized carbons (Fsp3) is 0.733. The second kappa shape index (κ2) is 8.68. The Morgan fingerprint density at radius 1 is 1.39 bits per heavy atom. The largest absolute Gasteiger partial charge is 0.376 e. The van der Waals surface area contributed by atoms with Gasteiger partial charge >= 0.3 is 0 Å². The smallest absolute Gasteiger partial charge is 0.0727 e. The number of ether oxygens (including phenoxy) is 1. The van der Waals surface area contributed by atoms with Gasteiger partial charge in [0.05, 0.1) is 6.61 Å². The molecule has 0 spiro atoms. The van der Waals surface area contributed by atoms with E-state index >= 15 is 0 Å². The summed E-state index contributed by atoms with van der Waals surface area (Å²) in [6.45, 7) is 8.92. The van der Waals surface area contributed by atoms with Crippen LogP contribution in [0.2, 0.25) is 0 Å². The first-order valence-corrected chi connectivity index (χ1v) is 7.88. The quantitative estimate of drug-likeness (QED) is 0.727. The predicted octanol–water partition coefficient (Wildman–Crippen LogP) is 4.25. The van der Waals surface area contributed by atoms with E-state index in [0.717, 1.165) is 19.1 Å². The SMILES string of the molecule is CCCCC(CC)COCc1cc(CN)sc1C. The van der Waals surface area contributed by atoms with Crippen LogP contribution in [-0.4, -0.2) is 6.61 Å². The summed E-state index contributed by atoms with van der Waals surface area (Å²) in [5.41, 5.74) is 6.97. The van der Waals surface area contributed by atoms with Crippen molar-refractivity contribution in [1.82, 2.24) is 0 Å². The zero-order chi connectivity index (χ0) is 13.4. The lowest BCUT2D eigenvalue weighted by atomic mass is 10.0. The highest BCUT2D eigenvalue weighted by Crippen LogP contribution is 2.22. The molecule has 1 heterocycles.